The Kier molecular flexibility index (Phi) is 3.05. The summed E-state index contributed by atoms with van der Waals surface area (Å²) in [4.78, 5) is 10.6. The van der Waals surface area contributed by atoms with Crippen LogP contribution in [-0.2, 0) is 4.79 Å². The smallest absolute Gasteiger partial charge is 0.335 e. The van der Waals surface area contributed by atoms with Crippen molar-refractivity contribution in [2.75, 3.05) is 6.54 Å². The van der Waals surface area contributed by atoms with Crippen molar-refractivity contribution < 1.29 is 9.90 Å². The Hall–Kier alpha value is -1.09. The molecule has 3 N–H and O–H groups in total. The van der Waals surface area contributed by atoms with Crippen LogP contribution in [0.3, 0.4) is 0 Å². The highest BCUT2D eigenvalue weighted by Crippen LogP contribution is 2.15. The highest BCUT2D eigenvalue weighted by atomic mass is 16.4. The van der Waals surface area contributed by atoms with E-state index in [1.807, 2.05) is 6.08 Å². The van der Waals surface area contributed by atoms with Crippen LogP contribution in [0, 0.1) is 5.92 Å². The quantitative estimate of drug-likeness (QED) is 0.642. The van der Waals surface area contributed by atoms with Gasteiger partial charge in [-0.15, -0.1) is 0 Å². The van der Waals surface area contributed by atoms with Gasteiger partial charge in [0.05, 0.1) is 5.57 Å². The molecule has 1 rings (SSSR count). The molecule has 0 saturated carbocycles. The van der Waals surface area contributed by atoms with E-state index in [-0.39, 0.29) is 0 Å². The molecule has 1 atom stereocenters. The number of allylic oxidation sites excluding steroid dienone is 1. The summed E-state index contributed by atoms with van der Waals surface area (Å²) in [6.07, 6.45) is 7.02. The van der Waals surface area contributed by atoms with Crippen molar-refractivity contribution in [2.24, 2.45) is 11.7 Å². The number of nitrogens with two attached hydrogens (primary N) is 1. The predicted octanol–water partition coefficient (Wildman–Crippen LogP) is 0.922. The topological polar surface area (TPSA) is 63.3 Å². The summed E-state index contributed by atoms with van der Waals surface area (Å²) in [6.45, 7) is 0.594. The molecule has 0 aromatic carbocycles. The second-order valence-electron chi connectivity index (χ2n) is 2.90. The molecule has 0 aliphatic heterocycles. The fourth-order valence-electron chi connectivity index (χ4n) is 1.21. The zero-order valence-corrected chi connectivity index (χ0v) is 6.86. The summed E-state index contributed by atoms with van der Waals surface area (Å²) in [5, 5.41) is 8.67. The molecule has 0 aromatic heterocycles. The van der Waals surface area contributed by atoms with E-state index in [1.165, 1.54) is 0 Å². The van der Waals surface area contributed by atoms with Crippen molar-refractivity contribution >= 4 is 5.97 Å². The number of rotatable bonds is 2. The molecule has 3 heteroatoms. The average Bonchev–Trinajstić information content (AvgIpc) is 2.28. The largest absolute Gasteiger partial charge is 0.478 e. The second-order valence-corrected chi connectivity index (χ2v) is 2.90. The second kappa shape index (κ2) is 4.07. The van der Waals surface area contributed by atoms with Gasteiger partial charge in [0, 0.05) is 0 Å². The number of carboxylic acids is 1. The van der Waals surface area contributed by atoms with Gasteiger partial charge in [-0.1, -0.05) is 18.2 Å². The Bertz CT molecular complexity index is 231. The fourth-order valence-corrected chi connectivity index (χ4v) is 1.21. The number of carbonyl (C=O) groups is 1. The number of aliphatic carboxylic acids is 1. The van der Waals surface area contributed by atoms with Crippen molar-refractivity contribution in [3.63, 3.8) is 0 Å². The summed E-state index contributed by atoms with van der Waals surface area (Å²) in [6, 6.07) is 0. The van der Waals surface area contributed by atoms with Gasteiger partial charge in [-0.3, -0.25) is 0 Å². The minimum atomic E-state index is -0.857. The van der Waals surface area contributed by atoms with Crippen LogP contribution in [0.5, 0.6) is 0 Å². The standard InChI is InChI=1S/C9H13NO2/c10-6-7-2-1-3-8(5-4-7)9(11)12/h3-5,7H,1-2,6,10H2,(H,11,12). The van der Waals surface area contributed by atoms with E-state index >= 15 is 0 Å². The van der Waals surface area contributed by atoms with Gasteiger partial charge in [-0.05, 0) is 25.3 Å². The van der Waals surface area contributed by atoms with Gasteiger partial charge < -0.3 is 10.8 Å². The van der Waals surface area contributed by atoms with E-state index in [2.05, 4.69) is 0 Å². The predicted molar refractivity (Wildman–Crippen MR) is 46.6 cm³/mol. The summed E-state index contributed by atoms with van der Waals surface area (Å²) in [7, 11) is 0. The lowest BCUT2D eigenvalue weighted by atomic mass is 10.1. The summed E-state index contributed by atoms with van der Waals surface area (Å²) in [5.41, 5.74) is 5.85. The van der Waals surface area contributed by atoms with Crippen LogP contribution in [0.25, 0.3) is 0 Å². The molecule has 12 heavy (non-hydrogen) atoms. The van der Waals surface area contributed by atoms with Gasteiger partial charge in [0.1, 0.15) is 0 Å². The Labute approximate surface area is 71.6 Å². The van der Waals surface area contributed by atoms with Crippen LogP contribution < -0.4 is 5.73 Å². The Morgan fingerprint density at radius 2 is 2.50 bits per heavy atom. The lowest BCUT2D eigenvalue weighted by Crippen LogP contribution is -2.10. The molecule has 3 nitrogen and oxygen atoms in total. The number of hydrogen-bond acceptors (Lipinski definition) is 2. The van der Waals surface area contributed by atoms with Crippen LogP contribution in [-0.4, -0.2) is 17.6 Å². The molecule has 0 heterocycles. The zero-order chi connectivity index (χ0) is 8.97. The molecular formula is C9H13NO2. The van der Waals surface area contributed by atoms with Crippen molar-refractivity contribution in [3.05, 3.63) is 23.8 Å². The molecule has 66 valence electrons. The molecule has 1 aliphatic rings. The van der Waals surface area contributed by atoms with Crippen LogP contribution in [0.15, 0.2) is 23.8 Å². The molecular weight excluding hydrogens is 154 g/mol. The lowest BCUT2D eigenvalue weighted by molar-refractivity contribution is -0.132. The van der Waals surface area contributed by atoms with E-state index < -0.39 is 5.97 Å². The molecule has 1 unspecified atom stereocenters. The molecule has 0 amide bonds. The van der Waals surface area contributed by atoms with Crippen LogP contribution in [0.2, 0.25) is 0 Å². The fraction of sp³-hybridized carbons (Fsp3) is 0.444. The first-order chi connectivity index (χ1) is 5.74. The Morgan fingerprint density at radius 3 is 3.08 bits per heavy atom. The third-order valence-electron chi connectivity index (χ3n) is 2.00. The van der Waals surface area contributed by atoms with E-state index in [9.17, 15) is 4.79 Å². The van der Waals surface area contributed by atoms with Gasteiger partial charge in [0.15, 0.2) is 0 Å². The first kappa shape index (κ1) is 9.00. The van der Waals surface area contributed by atoms with Crippen molar-refractivity contribution in [2.45, 2.75) is 12.8 Å². The van der Waals surface area contributed by atoms with Gasteiger partial charge in [0.25, 0.3) is 0 Å². The lowest BCUT2D eigenvalue weighted by Gasteiger charge is -2.04. The molecule has 0 saturated heterocycles. The van der Waals surface area contributed by atoms with Crippen LogP contribution in [0.1, 0.15) is 12.8 Å². The molecule has 0 spiro atoms. The van der Waals surface area contributed by atoms with Crippen molar-refractivity contribution in [1.82, 2.24) is 0 Å². The summed E-state index contributed by atoms with van der Waals surface area (Å²) in [5.74, 6) is -0.526. The molecule has 0 fully saturated rings. The van der Waals surface area contributed by atoms with Crippen molar-refractivity contribution in [1.29, 1.82) is 0 Å². The normalized spacial score (nSPS) is 23.1. The van der Waals surface area contributed by atoms with E-state index in [4.69, 9.17) is 10.8 Å². The monoisotopic (exact) mass is 167 g/mol. The molecule has 1 aliphatic carbocycles. The molecule has 0 aromatic rings. The summed E-state index contributed by atoms with van der Waals surface area (Å²) < 4.78 is 0. The maximum absolute atomic E-state index is 10.6. The maximum atomic E-state index is 10.6. The van der Waals surface area contributed by atoms with Crippen LogP contribution in [0.4, 0.5) is 0 Å². The highest BCUT2D eigenvalue weighted by molar-refractivity contribution is 5.89. The van der Waals surface area contributed by atoms with Gasteiger partial charge in [-0.25, -0.2) is 4.79 Å². The maximum Gasteiger partial charge on any atom is 0.335 e. The molecule has 0 radical (unpaired) electrons. The van der Waals surface area contributed by atoms with Gasteiger partial charge in [0.2, 0.25) is 0 Å². The number of carboxylic acid groups (broad SMARTS) is 1. The summed E-state index contributed by atoms with van der Waals surface area (Å²) >= 11 is 0. The SMILES string of the molecule is NCC1C=CC(C(=O)O)=CCC1. The van der Waals surface area contributed by atoms with Gasteiger partial charge in [-0.2, -0.15) is 0 Å². The van der Waals surface area contributed by atoms with E-state index in [1.54, 1.807) is 12.2 Å². The van der Waals surface area contributed by atoms with E-state index in [0.29, 0.717) is 18.0 Å². The minimum absolute atomic E-state index is 0.332. The first-order valence-electron chi connectivity index (χ1n) is 4.05. The average molecular weight is 167 g/mol. The van der Waals surface area contributed by atoms with E-state index in [0.717, 1.165) is 12.8 Å². The number of hydrogen-bond donors (Lipinski definition) is 2. The van der Waals surface area contributed by atoms with Crippen molar-refractivity contribution in [3.8, 4) is 0 Å². The Morgan fingerprint density at radius 1 is 1.75 bits per heavy atom. The zero-order valence-electron chi connectivity index (χ0n) is 6.86. The van der Waals surface area contributed by atoms with Gasteiger partial charge >= 0.3 is 5.97 Å². The Balaban J connectivity index is 2.67. The third-order valence-corrected chi connectivity index (χ3v) is 2.00. The van der Waals surface area contributed by atoms with Crippen LogP contribution >= 0.6 is 0 Å². The third kappa shape index (κ3) is 2.20. The minimum Gasteiger partial charge on any atom is -0.478 e. The molecule has 0 bridgehead atoms. The highest BCUT2D eigenvalue weighted by Gasteiger charge is 2.09. The first-order valence-corrected chi connectivity index (χ1v) is 4.05.